The summed E-state index contributed by atoms with van der Waals surface area (Å²) < 4.78 is 15.8. The zero-order valence-electron chi connectivity index (χ0n) is 13.5. The van der Waals surface area contributed by atoms with Crippen LogP contribution in [0, 0.1) is 0 Å². The first-order valence-corrected chi connectivity index (χ1v) is 7.24. The maximum Gasteiger partial charge on any atom is 0.355 e. The molecular weight excluding hydrogens is 314 g/mol. The average Bonchev–Trinajstić information content (AvgIpc) is 3.00. The van der Waals surface area contributed by atoms with E-state index in [0.29, 0.717) is 5.69 Å². The van der Waals surface area contributed by atoms with Crippen molar-refractivity contribution in [2.75, 3.05) is 21.3 Å². The highest BCUT2D eigenvalue weighted by molar-refractivity contribution is 6.01. The van der Waals surface area contributed by atoms with E-state index in [2.05, 4.69) is 4.98 Å². The van der Waals surface area contributed by atoms with E-state index in [4.69, 9.17) is 14.2 Å². The molecule has 8 heteroatoms. The first-order chi connectivity index (χ1) is 11.6. The van der Waals surface area contributed by atoms with E-state index in [1.807, 2.05) is 0 Å². The highest BCUT2D eigenvalue weighted by Crippen LogP contribution is 2.39. The molecule has 0 radical (unpaired) electrons. The summed E-state index contributed by atoms with van der Waals surface area (Å²) in [4.78, 5) is 32.3. The number of carbonyl (C=O) groups is 2. The Bertz CT molecular complexity index is 716. The number of fused-ring (bicyclic) bond motifs is 1. The van der Waals surface area contributed by atoms with Crippen LogP contribution < -0.4 is 0 Å². The number of aromatic nitrogens is 1. The summed E-state index contributed by atoms with van der Waals surface area (Å²) in [5.41, 5.74) is 0.635. The van der Waals surface area contributed by atoms with Crippen LogP contribution in [0.2, 0.25) is 0 Å². The van der Waals surface area contributed by atoms with Gasteiger partial charge in [-0.1, -0.05) is 6.07 Å². The lowest BCUT2D eigenvalue weighted by Crippen LogP contribution is -2.47. The number of hydrogen-bond acceptors (Lipinski definition) is 8. The Balaban J connectivity index is 2.19. The number of esters is 2. The third-order valence-corrected chi connectivity index (χ3v) is 3.82. The van der Waals surface area contributed by atoms with Gasteiger partial charge in [0.1, 0.15) is 17.4 Å². The van der Waals surface area contributed by atoms with Gasteiger partial charge in [-0.2, -0.15) is 0 Å². The SMILES string of the molecule is COC(=O)C1=C(C(=O)OC)N2C=CN(C)C2OC1c1ccccn1. The van der Waals surface area contributed by atoms with E-state index < -0.39 is 24.4 Å². The van der Waals surface area contributed by atoms with Crippen LogP contribution in [0.3, 0.4) is 0 Å². The molecule has 0 bridgehead atoms. The average molecular weight is 331 g/mol. The number of methoxy groups -OCH3 is 2. The van der Waals surface area contributed by atoms with Crippen LogP contribution in [-0.4, -0.2) is 54.3 Å². The van der Waals surface area contributed by atoms with Gasteiger partial charge in [0.2, 0.25) is 6.35 Å². The Morgan fingerprint density at radius 1 is 1.17 bits per heavy atom. The van der Waals surface area contributed by atoms with Crippen LogP contribution in [0.25, 0.3) is 0 Å². The molecule has 1 aromatic heterocycles. The number of rotatable bonds is 3. The fourth-order valence-electron chi connectivity index (χ4n) is 2.69. The summed E-state index contributed by atoms with van der Waals surface area (Å²) in [5.74, 6) is -1.32. The molecule has 0 aliphatic carbocycles. The zero-order valence-corrected chi connectivity index (χ0v) is 13.5. The van der Waals surface area contributed by atoms with Crippen molar-refractivity contribution in [3.63, 3.8) is 0 Å². The summed E-state index contributed by atoms with van der Waals surface area (Å²) in [7, 11) is 4.31. The first kappa shape index (κ1) is 16.0. The summed E-state index contributed by atoms with van der Waals surface area (Å²) in [6.07, 6.45) is 3.54. The molecule has 1 aromatic rings. The minimum atomic E-state index is -0.851. The minimum absolute atomic E-state index is 0.0549. The molecule has 0 fully saturated rings. The van der Waals surface area contributed by atoms with Crippen molar-refractivity contribution in [3.05, 3.63) is 53.8 Å². The van der Waals surface area contributed by atoms with Crippen molar-refractivity contribution in [1.82, 2.24) is 14.8 Å². The Labute approximate surface area is 138 Å². The van der Waals surface area contributed by atoms with Crippen molar-refractivity contribution >= 4 is 11.9 Å². The second-order valence-electron chi connectivity index (χ2n) is 5.21. The van der Waals surface area contributed by atoms with E-state index in [0.717, 1.165) is 0 Å². The molecule has 0 N–H and O–H groups in total. The van der Waals surface area contributed by atoms with Crippen molar-refractivity contribution < 1.29 is 23.8 Å². The second kappa shape index (κ2) is 6.32. The van der Waals surface area contributed by atoms with Crippen LogP contribution in [0.5, 0.6) is 0 Å². The molecule has 0 saturated carbocycles. The summed E-state index contributed by atoms with van der Waals surface area (Å²) in [6.45, 7) is 0. The van der Waals surface area contributed by atoms with Gasteiger partial charge in [0.05, 0.1) is 19.9 Å². The molecular formula is C16H17N3O5. The van der Waals surface area contributed by atoms with E-state index in [1.165, 1.54) is 19.1 Å². The molecule has 2 aliphatic heterocycles. The highest BCUT2D eigenvalue weighted by atomic mass is 16.6. The molecule has 3 heterocycles. The van der Waals surface area contributed by atoms with Crippen molar-refractivity contribution in [3.8, 4) is 0 Å². The second-order valence-corrected chi connectivity index (χ2v) is 5.21. The van der Waals surface area contributed by atoms with Gasteiger partial charge in [-0.15, -0.1) is 0 Å². The molecule has 24 heavy (non-hydrogen) atoms. The maximum absolute atomic E-state index is 12.4. The molecule has 8 nitrogen and oxygen atoms in total. The van der Waals surface area contributed by atoms with Gasteiger partial charge in [-0.05, 0) is 12.1 Å². The fourth-order valence-corrected chi connectivity index (χ4v) is 2.69. The molecule has 0 saturated heterocycles. The number of hydrogen-bond donors (Lipinski definition) is 0. The van der Waals surface area contributed by atoms with Crippen LogP contribution in [0.15, 0.2) is 48.1 Å². The lowest BCUT2D eigenvalue weighted by molar-refractivity contribution is -0.160. The van der Waals surface area contributed by atoms with Crippen LogP contribution in [-0.2, 0) is 23.8 Å². The predicted molar refractivity (Wildman–Crippen MR) is 81.7 cm³/mol. The summed E-state index contributed by atoms with van der Waals surface area (Å²) in [6, 6.07) is 5.26. The van der Waals surface area contributed by atoms with Gasteiger partial charge in [-0.3, -0.25) is 9.88 Å². The molecule has 126 valence electrons. The number of nitrogens with zero attached hydrogens (tertiary/aromatic N) is 3. The molecule has 0 aromatic carbocycles. The Morgan fingerprint density at radius 2 is 1.92 bits per heavy atom. The van der Waals surface area contributed by atoms with Gasteiger partial charge in [-0.25, -0.2) is 9.59 Å². The van der Waals surface area contributed by atoms with Gasteiger partial charge in [0.15, 0.2) is 0 Å². The fraction of sp³-hybridized carbons (Fsp3) is 0.312. The van der Waals surface area contributed by atoms with Crippen LogP contribution in [0.1, 0.15) is 11.8 Å². The lowest BCUT2D eigenvalue weighted by Gasteiger charge is -2.39. The van der Waals surface area contributed by atoms with Gasteiger partial charge in [0, 0.05) is 25.6 Å². The Kier molecular flexibility index (Phi) is 4.22. The van der Waals surface area contributed by atoms with E-state index in [9.17, 15) is 9.59 Å². The quantitative estimate of drug-likeness (QED) is 0.751. The smallest absolute Gasteiger partial charge is 0.355 e. The van der Waals surface area contributed by atoms with Crippen molar-refractivity contribution in [2.24, 2.45) is 0 Å². The van der Waals surface area contributed by atoms with Crippen molar-refractivity contribution in [1.29, 1.82) is 0 Å². The minimum Gasteiger partial charge on any atom is -0.466 e. The Morgan fingerprint density at radius 3 is 2.54 bits per heavy atom. The molecule has 3 rings (SSSR count). The van der Waals surface area contributed by atoms with Crippen molar-refractivity contribution in [2.45, 2.75) is 12.5 Å². The zero-order chi connectivity index (χ0) is 17.3. The normalized spacial score (nSPS) is 22.5. The molecule has 2 atom stereocenters. The number of pyridine rings is 1. The van der Waals surface area contributed by atoms with E-state index in [1.54, 1.807) is 48.7 Å². The predicted octanol–water partition coefficient (Wildman–Crippen LogP) is 0.755. The standard InChI is InChI=1S/C16H17N3O5/c1-18-8-9-19-12(15(21)23-3)11(14(20)22-2)13(24-16(18)19)10-6-4-5-7-17-10/h4-9,13,16H,1-3H3. The molecule has 2 aliphatic rings. The molecule has 2 unspecified atom stereocenters. The Hall–Kier alpha value is -2.87. The summed E-state index contributed by atoms with van der Waals surface area (Å²) in [5, 5.41) is 0. The third-order valence-electron chi connectivity index (χ3n) is 3.82. The third kappa shape index (κ3) is 2.50. The van der Waals surface area contributed by atoms with E-state index >= 15 is 0 Å². The van der Waals surface area contributed by atoms with Gasteiger partial charge >= 0.3 is 11.9 Å². The largest absolute Gasteiger partial charge is 0.466 e. The summed E-state index contributed by atoms with van der Waals surface area (Å²) >= 11 is 0. The van der Waals surface area contributed by atoms with Gasteiger partial charge < -0.3 is 19.1 Å². The van der Waals surface area contributed by atoms with Crippen LogP contribution >= 0.6 is 0 Å². The van der Waals surface area contributed by atoms with Crippen LogP contribution in [0.4, 0.5) is 0 Å². The molecule has 0 spiro atoms. The monoisotopic (exact) mass is 331 g/mol. The van der Waals surface area contributed by atoms with Gasteiger partial charge in [0.25, 0.3) is 0 Å². The maximum atomic E-state index is 12.4. The topological polar surface area (TPSA) is 81.2 Å². The number of ether oxygens (including phenoxy) is 3. The number of carbonyl (C=O) groups excluding carboxylic acids is 2. The molecule has 0 amide bonds. The van der Waals surface area contributed by atoms with E-state index in [-0.39, 0.29) is 11.3 Å². The highest BCUT2D eigenvalue weighted by Gasteiger charge is 2.45. The lowest BCUT2D eigenvalue weighted by atomic mass is 10.0. The first-order valence-electron chi connectivity index (χ1n) is 7.24.